The average Bonchev–Trinajstić information content (AvgIpc) is 3.19. The molecular formula is C22H22F2N2O4. The van der Waals surface area contributed by atoms with Crippen molar-refractivity contribution < 1.29 is 27.5 Å². The number of carbonyl (C=O) groups excluding carboxylic acids is 1. The normalized spacial score (nSPS) is 10.6. The zero-order chi connectivity index (χ0) is 21.3. The Morgan fingerprint density at radius 3 is 2.40 bits per heavy atom. The van der Waals surface area contributed by atoms with Gasteiger partial charge >= 0.3 is 0 Å². The molecule has 8 heteroatoms. The van der Waals surface area contributed by atoms with Crippen molar-refractivity contribution in [1.29, 1.82) is 0 Å². The van der Waals surface area contributed by atoms with Crippen LogP contribution >= 0.6 is 0 Å². The van der Waals surface area contributed by atoms with Crippen LogP contribution in [-0.2, 0) is 11.2 Å². The molecule has 3 rings (SSSR count). The Labute approximate surface area is 172 Å². The Hall–Kier alpha value is -3.42. The molecule has 0 saturated heterocycles. The van der Waals surface area contributed by atoms with Crippen LogP contribution in [0.1, 0.15) is 19.2 Å². The zero-order valence-electron chi connectivity index (χ0n) is 16.5. The van der Waals surface area contributed by atoms with Gasteiger partial charge in [-0.2, -0.15) is 0 Å². The Kier molecular flexibility index (Phi) is 7.37. The molecule has 1 amide bonds. The van der Waals surface area contributed by atoms with E-state index in [0.29, 0.717) is 25.5 Å². The van der Waals surface area contributed by atoms with Gasteiger partial charge in [-0.05, 0) is 43.3 Å². The average molecular weight is 416 g/mol. The molecule has 0 aliphatic carbocycles. The van der Waals surface area contributed by atoms with Crippen molar-refractivity contribution in [1.82, 2.24) is 10.3 Å². The van der Waals surface area contributed by atoms with Gasteiger partial charge in [0.05, 0.1) is 24.9 Å². The molecule has 6 nitrogen and oxygen atoms in total. The lowest BCUT2D eigenvalue weighted by molar-refractivity contribution is -0.121. The third-order valence-corrected chi connectivity index (χ3v) is 4.16. The lowest BCUT2D eigenvalue weighted by Crippen LogP contribution is -2.28. The predicted molar refractivity (Wildman–Crippen MR) is 106 cm³/mol. The summed E-state index contributed by atoms with van der Waals surface area (Å²) in [7, 11) is 0. The molecule has 158 valence electrons. The number of aryl methyl sites for hydroxylation is 1. The van der Waals surface area contributed by atoms with E-state index in [0.717, 1.165) is 17.9 Å². The summed E-state index contributed by atoms with van der Waals surface area (Å²) in [5, 5.41) is 2.73. The predicted octanol–water partition coefficient (Wildman–Crippen LogP) is 4.15. The summed E-state index contributed by atoms with van der Waals surface area (Å²) in [4.78, 5) is 15.9. The van der Waals surface area contributed by atoms with Gasteiger partial charge in [0.15, 0.2) is 11.7 Å². The first kappa shape index (κ1) is 21.3. The van der Waals surface area contributed by atoms with Crippen LogP contribution in [0.2, 0.25) is 0 Å². The van der Waals surface area contributed by atoms with Crippen LogP contribution in [0.3, 0.4) is 0 Å². The molecule has 1 heterocycles. The van der Waals surface area contributed by atoms with Gasteiger partial charge in [-0.25, -0.2) is 13.8 Å². The number of nitrogens with one attached hydrogen (secondary N) is 1. The van der Waals surface area contributed by atoms with E-state index < -0.39 is 11.6 Å². The highest BCUT2D eigenvalue weighted by Gasteiger charge is 2.16. The number of nitrogens with zero attached hydrogens (tertiary/aromatic N) is 1. The molecule has 1 N–H and O–H groups in total. The molecule has 0 unspecified atom stereocenters. The van der Waals surface area contributed by atoms with Crippen molar-refractivity contribution in [2.45, 2.75) is 19.8 Å². The van der Waals surface area contributed by atoms with E-state index in [2.05, 4.69) is 10.3 Å². The minimum Gasteiger partial charge on any atom is -0.494 e. The molecular weight excluding hydrogens is 394 g/mol. The molecule has 2 aromatic carbocycles. The molecule has 1 aromatic heterocycles. The van der Waals surface area contributed by atoms with Gasteiger partial charge in [0, 0.05) is 12.8 Å². The van der Waals surface area contributed by atoms with Crippen LogP contribution < -0.4 is 14.8 Å². The standard InChI is InChI=1S/C22H22F2N2O4/c1-2-28-15-6-8-16(9-7-15)29-13-12-25-20(27)10-11-21-26-14-19(30-21)22-17(23)4-3-5-18(22)24/h3-9,14H,2,10-13H2,1H3,(H,25,27). The minimum absolute atomic E-state index is 0.00948. The third kappa shape index (κ3) is 5.79. The number of rotatable bonds is 10. The number of carbonyl (C=O) groups is 1. The fourth-order valence-corrected chi connectivity index (χ4v) is 2.74. The molecule has 0 aliphatic rings. The van der Waals surface area contributed by atoms with Gasteiger partial charge in [0.25, 0.3) is 0 Å². The van der Waals surface area contributed by atoms with Crippen molar-refractivity contribution in [3.63, 3.8) is 0 Å². The number of halogens is 2. The van der Waals surface area contributed by atoms with Crippen LogP contribution in [-0.4, -0.2) is 30.6 Å². The number of oxazole rings is 1. The molecule has 0 bridgehead atoms. The molecule has 0 radical (unpaired) electrons. The van der Waals surface area contributed by atoms with E-state index in [4.69, 9.17) is 13.9 Å². The molecule has 0 spiro atoms. The second-order valence-corrected chi connectivity index (χ2v) is 6.32. The highest BCUT2D eigenvalue weighted by Crippen LogP contribution is 2.26. The lowest BCUT2D eigenvalue weighted by atomic mass is 10.1. The Morgan fingerprint density at radius 1 is 1.07 bits per heavy atom. The summed E-state index contributed by atoms with van der Waals surface area (Å²) in [5.41, 5.74) is -0.271. The second kappa shape index (κ2) is 10.4. The maximum atomic E-state index is 13.8. The van der Waals surface area contributed by atoms with E-state index in [9.17, 15) is 13.6 Å². The largest absolute Gasteiger partial charge is 0.494 e. The number of ether oxygens (including phenoxy) is 2. The number of amides is 1. The molecule has 0 saturated carbocycles. The summed E-state index contributed by atoms with van der Waals surface area (Å²) in [6.07, 6.45) is 1.59. The Bertz CT molecular complexity index is 953. The van der Waals surface area contributed by atoms with Crippen LogP contribution in [0.15, 0.2) is 53.1 Å². The van der Waals surface area contributed by atoms with Crippen molar-refractivity contribution in [2.75, 3.05) is 19.8 Å². The molecule has 0 fully saturated rings. The monoisotopic (exact) mass is 416 g/mol. The van der Waals surface area contributed by atoms with Gasteiger partial charge in [-0.1, -0.05) is 6.07 Å². The van der Waals surface area contributed by atoms with Crippen molar-refractivity contribution in [3.8, 4) is 22.8 Å². The molecule has 30 heavy (non-hydrogen) atoms. The van der Waals surface area contributed by atoms with Crippen molar-refractivity contribution in [3.05, 3.63) is 66.2 Å². The Morgan fingerprint density at radius 2 is 1.73 bits per heavy atom. The van der Waals surface area contributed by atoms with Gasteiger partial charge in [0.1, 0.15) is 29.7 Å². The van der Waals surface area contributed by atoms with E-state index in [-0.39, 0.29) is 36.0 Å². The zero-order valence-corrected chi connectivity index (χ0v) is 16.5. The van der Waals surface area contributed by atoms with Gasteiger partial charge in [0.2, 0.25) is 5.91 Å². The first-order valence-electron chi connectivity index (χ1n) is 9.58. The summed E-state index contributed by atoms with van der Waals surface area (Å²) in [5.74, 6) is -0.00255. The Balaban J connectivity index is 1.39. The smallest absolute Gasteiger partial charge is 0.220 e. The summed E-state index contributed by atoms with van der Waals surface area (Å²) in [6, 6.07) is 10.8. The first-order chi connectivity index (χ1) is 14.6. The molecule has 3 aromatic rings. The first-order valence-corrected chi connectivity index (χ1v) is 9.58. The number of hydrogen-bond acceptors (Lipinski definition) is 5. The number of benzene rings is 2. The van der Waals surface area contributed by atoms with Crippen LogP contribution in [0.25, 0.3) is 11.3 Å². The number of aromatic nitrogens is 1. The lowest BCUT2D eigenvalue weighted by Gasteiger charge is -2.08. The highest BCUT2D eigenvalue weighted by molar-refractivity contribution is 5.76. The van der Waals surface area contributed by atoms with Crippen molar-refractivity contribution in [2.24, 2.45) is 0 Å². The number of hydrogen-bond donors (Lipinski definition) is 1. The van der Waals surface area contributed by atoms with Gasteiger partial charge in [-0.3, -0.25) is 4.79 Å². The van der Waals surface area contributed by atoms with E-state index in [1.807, 2.05) is 19.1 Å². The van der Waals surface area contributed by atoms with Gasteiger partial charge in [-0.15, -0.1) is 0 Å². The minimum atomic E-state index is -0.733. The fourth-order valence-electron chi connectivity index (χ4n) is 2.74. The topological polar surface area (TPSA) is 73.6 Å². The quantitative estimate of drug-likeness (QED) is 0.503. The third-order valence-electron chi connectivity index (χ3n) is 4.16. The maximum absolute atomic E-state index is 13.8. The van der Waals surface area contributed by atoms with Crippen LogP contribution in [0.4, 0.5) is 8.78 Å². The van der Waals surface area contributed by atoms with E-state index in [1.165, 1.54) is 12.3 Å². The fraction of sp³-hybridized carbons (Fsp3) is 0.273. The van der Waals surface area contributed by atoms with Crippen LogP contribution in [0.5, 0.6) is 11.5 Å². The van der Waals surface area contributed by atoms with Gasteiger partial charge < -0.3 is 19.2 Å². The van der Waals surface area contributed by atoms with E-state index in [1.54, 1.807) is 12.1 Å². The summed E-state index contributed by atoms with van der Waals surface area (Å²) in [6.45, 7) is 3.16. The summed E-state index contributed by atoms with van der Waals surface area (Å²) >= 11 is 0. The van der Waals surface area contributed by atoms with Crippen LogP contribution in [0, 0.1) is 11.6 Å². The maximum Gasteiger partial charge on any atom is 0.220 e. The SMILES string of the molecule is CCOc1ccc(OCCNC(=O)CCc2ncc(-c3c(F)cccc3F)o2)cc1. The molecule has 0 atom stereocenters. The highest BCUT2D eigenvalue weighted by atomic mass is 19.1. The van der Waals surface area contributed by atoms with E-state index >= 15 is 0 Å². The van der Waals surface area contributed by atoms with Crippen molar-refractivity contribution >= 4 is 5.91 Å². The molecule has 0 aliphatic heterocycles. The second-order valence-electron chi connectivity index (χ2n) is 6.32. The summed E-state index contributed by atoms with van der Waals surface area (Å²) < 4.78 is 43.9.